The Morgan fingerprint density at radius 3 is 2.77 bits per heavy atom. The molecule has 0 N–H and O–H groups in total. The molecule has 1 aromatic carbocycles. The molecule has 13 heavy (non-hydrogen) atoms. The number of pyridine rings is 1. The molecule has 2 aromatic rings. The van der Waals surface area contributed by atoms with E-state index in [-0.39, 0.29) is 0 Å². The van der Waals surface area contributed by atoms with E-state index in [2.05, 4.69) is 30.1 Å². The third kappa shape index (κ3) is 1.59. The lowest BCUT2D eigenvalue weighted by atomic mass is 10.0. The predicted molar refractivity (Wildman–Crippen MR) is 53.2 cm³/mol. The molecule has 0 amide bonds. The molecule has 63 valence electrons. The first-order valence-electron chi connectivity index (χ1n) is 4.25. The number of rotatable bonds is 1. The number of benzene rings is 1. The number of aryl methyl sites for hydroxylation is 1. The van der Waals surface area contributed by atoms with E-state index in [1.807, 2.05) is 24.4 Å². The van der Waals surface area contributed by atoms with Crippen molar-refractivity contribution in [3.8, 4) is 11.1 Å². The van der Waals surface area contributed by atoms with Gasteiger partial charge in [-0.25, -0.2) is 0 Å². The minimum Gasteiger partial charge on any atom is -0.263 e. The van der Waals surface area contributed by atoms with Crippen molar-refractivity contribution in [1.82, 2.24) is 4.98 Å². The molecule has 1 aromatic heterocycles. The Balaban J connectivity index is 2.54. The molecule has 1 nitrogen and oxygen atoms in total. The van der Waals surface area contributed by atoms with Crippen LogP contribution in [0.15, 0.2) is 42.7 Å². The van der Waals surface area contributed by atoms with E-state index in [0.717, 1.165) is 5.56 Å². The molecule has 0 aliphatic heterocycles. The monoisotopic (exact) mass is 168 g/mol. The smallest absolute Gasteiger partial charge is 0.0347 e. The zero-order valence-electron chi connectivity index (χ0n) is 7.49. The fourth-order valence-corrected chi connectivity index (χ4v) is 1.37. The van der Waals surface area contributed by atoms with Gasteiger partial charge in [-0.2, -0.15) is 0 Å². The summed E-state index contributed by atoms with van der Waals surface area (Å²) >= 11 is 0. The summed E-state index contributed by atoms with van der Waals surface area (Å²) < 4.78 is 0. The Hall–Kier alpha value is -1.63. The zero-order valence-corrected chi connectivity index (χ0v) is 7.49. The summed E-state index contributed by atoms with van der Waals surface area (Å²) in [5.41, 5.74) is 3.62. The van der Waals surface area contributed by atoms with E-state index in [4.69, 9.17) is 0 Å². The van der Waals surface area contributed by atoms with Crippen LogP contribution in [-0.2, 0) is 0 Å². The van der Waals surface area contributed by atoms with Crippen LogP contribution in [0.25, 0.3) is 11.1 Å². The summed E-state index contributed by atoms with van der Waals surface area (Å²) in [6, 6.07) is 13.2. The zero-order chi connectivity index (χ0) is 9.10. The highest BCUT2D eigenvalue weighted by molar-refractivity contribution is 5.65. The maximum absolute atomic E-state index is 4.05. The summed E-state index contributed by atoms with van der Waals surface area (Å²) in [5.74, 6) is 0. The van der Waals surface area contributed by atoms with E-state index < -0.39 is 0 Å². The SMILES string of the molecule is Cc1ccccc1-c1c[c]cnc1. The number of aromatic nitrogens is 1. The Morgan fingerprint density at radius 2 is 2.08 bits per heavy atom. The molecular formula is C12H10N. The lowest BCUT2D eigenvalue weighted by molar-refractivity contribution is 1.31. The Bertz CT molecular complexity index is 393. The summed E-state index contributed by atoms with van der Waals surface area (Å²) in [7, 11) is 0. The predicted octanol–water partition coefficient (Wildman–Crippen LogP) is 2.86. The molecule has 0 aliphatic carbocycles. The Kier molecular flexibility index (Phi) is 2.09. The molecule has 0 saturated heterocycles. The van der Waals surface area contributed by atoms with Crippen molar-refractivity contribution in [2.24, 2.45) is 0 Å². The second kappa shape index (κ2) is 3.40. The van der Waals surface area contributed by atoms with Crippen molar-refractivity contribution in [2.75, 3.05) is 0 Å². The van der Waals surface area contributed by atoms with Crippen LogP contribution in [0.1, 0.15) is 5.56 Å². The maximum atomic E-state index is 4.05. The molecule has 0 fully saturated rings. The first-order chi connectivity index (χ1) is 6.38. The second-order valence-corrected chi connectivity index (χ2v) is 2.99. The van der Waals surface area contributed by atoms with Gasteiger partial charge in [0.1, 0.15) is 0 Å². The first-order valence-corrected chi connectivity index (χ1v) is 4.25. The van der Waals surface area contributed by atoms with Gasteiger partial charge in [0.15, 0.2) is 0 Å². The van der Waals surface area contributed by atoms with Crippen LogP contribution in [0.3, 0.4) is 0 Å². The third-order valence-electron chi connectivity index (χ3n) is 2.06. The van der Waals surface area contributed by atoms with Gasteiger partial charge in [-0.15, -0.1) is 0 Å². The van der Waals surface area contributed by atoms with Crippen LogP contribution >= 0.6 is 0 Å². The fourth-order valence-electron chi connectivity index (χ4n) is 1.37. The van der Waals surface area contributed by atoms with Crippen molar-refractivity contribution in [3.63, 3.8) is 0 Å². The van der Waals surface area contributed by atoms with Gasteiger partial charge in [0.2, 0.25) is 0 Å². The number of hydrogen-bond donors (Lipinski definition) is 0. The molecule has 2 rings (SSSR count). The number of nitrogens with zero attached hydrogens (tertiary/aromatic N) is 1. The molecular weight excluding hydrogens is 158 g/mol. The maximum Gasteiger partial charge on any atom is 0.0347 e. The van der Waals surface area contributed by atoms with Crippen LogP contribution < -0.4 is 0 Å². The van der Waals surface area contributed by atoms with E-state index in [1.54, 1.807) is 6.20 Å². The summed E-state index contributed by atoms with van der Waals surface area (Å²) in [5, 5.41) is 0. The summed E-state index contributed by atoms with van der Waals surface area (Å²) in [4.78, 5) is 4.05. The van der Waals surface area contributed by atoms with Gasteiger partial charge in [0.05, 0.1) is 0 Å². The summed E-state index contributed by atoms with van der Waals surface area (Å²) in [6.45, 7) is 2.10. The van der Waals surface area contributed by atoms with Gasteiger partial charge in [-0.05, 0) is 24.1 Å². The lowest BCUT2D eigenvalue weighted by Gasteiger charge is -2.03. The van der Waals surface area contributed by atoms with Crippen molar-refractivity contribution < 1.29 is 0 Å². The van der Waals surface area contributed by atoms with Gasteiger partial charge in [-0.3, -0.25) is 4.98 Å². The molecule has 1 heterocycles. The summed E-state index contributed by atoms with van der Waals surface area (Å²) in [6.07, 6.45) is 3.53. The molecule has 0 saturated carbocycles. The third-order valence-corrected chi connectivity index (χ3v) is 2.06. The quantitative estimate of drug-likeness (QED) is 0.638. The van der Waals surface area contributed by atoms with Crippen molar-refractivity contribution in [1.29, 1.82) is 0 Å². The van der Waals surface area contributed by atoms with E-state index in [0.29, 0.717) is 0 Å². The van der Waals surface area contributed by atoms with Crippen LogP contribution in [0.4, 0.5) is 0 Å². The highest BCUT2D eigenvalue weighted by atomic mass is 14.6. The molecule has 1 heteroatoms. The molecule has 0 aliphatic rings. The lowest BCUT2D eigenvalue weighted by Crippen LogP contribution is -1.82. The molecule has 0 bridgehead atoms. The van der Waals surface area contributed by atoms with Crippen LogP contribution in [0.2, 0.25) is 0 Å². The number of hydrogen-bond acceptors (Lipinski definition) is 1. The van der Waals surface area contributed by atoms with Gasteiger partial charge in [0.25, 0.3) is 0 Å². The van der Waals surface area contributed by atoms with Crippen molar-refractivity contribution in [3.05, 3.63) is 54.4 Å². The highest BCUT2D eigenvalue weighted by Gasteiger charge is 1.98. The normalized spacial score (nSPS) is 9.92. The molecule has 0 unspecified atom stereocenters. The largest absolute Gasteiger partial charge is 0.263 e. The Labute approximate surface area is 78.1 Å². The minimum absolute atomic E-state index is 1.13. The molecule has 0 spiro atoms. The first kappa shape index (κ1) is 7.99. The van der Waals surface area contributed by atoms with Crippen LogP contribution in [0.5, 0.6) is 0 Å². The standard InChI is InChI=1S/C12H10N/c1-10-5-2-3-7-12(10)11-6-4-8-13-9-11/h2-3,5-9H,1H3. The fraction of sp³-hybridized carbons (Fsp3) is 0.0833. The second-order valence-electron chi connectivity index (χ2n) is 2.99. The van der Waals surface area contributed by atoms with E-state index in [9.17, 15) is 0 Å². The average Bonchev–Trinajstić information content (AvgIpc) is 2.20. The van der Waals surface area contributed by atoms with Gasteiger partial charge in [0, 0.05) is 24.0 Å². The van der Waals surface area contributed by atoms with Gasteiger partial charge >= 0.3 is 0 Å². The topological polar surface area (TPSA) is 12.9 Å². The van der Waals surface area contributed by atoms with Gasteiger partial charge < -0.3 is 0 Å². The van der Waals surface area contributed by atoms with Crippen molar-refractivity contribution >= 4 is 0 Å². The van der Waals surface area contributed by atoms with Crippen LogP contribution in [-0.4, -0.2) is 4.98 Å². The van der Waals surface area contributed by atoms with Crippen molar-refractivity contribution in [2.45, 2.75) is 6.92 Å². The van der Waals surface area contributed by atoms with Gasteiger partial charge in [-0.1, -0.05) is 24.3 Å². The Morgan fingerprint density at radius 1 is 1.23 bits per heavy atom. The molecule has 0 atom stereocenters. The van der Waals surface area contributed by atoms with E-state index in [1.165, 1.54) is 11.1 Å². The molecule has 1 radical (unpaired) electrons. The average molecular weight is 168 g/mol. The van der Waals surface area contributed by atoms with E-state index >= 15 is 0 Å². The minimum atomic E-state index is 1.13. The van der Waals surface area contributed by atoms with Crippen LogP contribution in [0, 0.1) is 13.0 Å². The highest BCUT2D eigenvalue weighted by Crippen LogP contribution is 2.20.